The third-order valence-electron chi connectivity index (χ3n) is 1.84. The molecule has 78 valence electrons. The first-order valence-corrected chi connectivity index (χ1v) is 5.95. The van der Waals surface area contributed by atoms with Crippen LogP contribution in [0.1, 0.15) is 0 Å². The van der Waals surface area contributed by atoms with Crippen LogP contribution in [0.4, 0.5) is 0 Å². The number of hydrogen-bond donors (Lipinski definition) is 2. The van der Waals surface area contributed by atoms with Gasteiger partial charge in [-0.3, -0.25) is 0 Å². The van der Waals surface area contributed by atoms with E-state index in [1.807, 2.05) is 18.8 Å². The quantitative estimate of drug-likeness (QED) is 0.528. The smallest absolute Gasteiger partial charge is 0.0106 e. The first-order chi connectivity index (χ1) is 6.93. The molecule has 0 heterocycles. The number of nitrogens with one attached hydrogen (secondary N) is 2. The third-order valence-corrected chi connectivity index (χ3v) is 2.86. The van der Waals surface area contributed by atoms with E-state index in [0.29, 0.717) is 0 Å². The van der Waals surface area contributed by atoms with Crippen molar-refractivity contribution in [1.82, 2.24) is 10.6 Å². The molecule has 0 saturated heterocycles. The van der Waals surface area contributed by atoms with E-state index in [9.17, 15) is 0 Å². The molecule has 0 aliphatic carbocycles. The molecule has 1 rings (SSSR count). The van der Waals surface area contributed by atoms with Crippen LogP contribution in [0, 0.1) is 0 Å². The van der Waals surface area contributed by atoms with E-state index in [0.717, 1.165) is 25.4 Å². The molecule has 0 atom stereocenters. The molecule has 3 heteroatoms. The number of thioether (sulfide) groups is 1. The van der Waals surface area contributed by atoms with Crippen LogP contribution >= 0.6 is 11.8 Å². The topological polar surface area (TPSA) is 24.1 Å². The van der Waals surface area contributed by atoms with Gasteiger partial charge in [0.05, 0.1) is 0 Å². The van der Waals surface area contributed by atoms with E-state index in [1.54, 1.807) is 0 Å². The Bertz CT molecular complexity index is 226. The zero-order valence-corrected chi connectivity index (χ0v) is 9.44. The highest BCUT2D eigenvalue weighted by Crippen LogP contribution is 2.15. The summed E-state index contributed by atoms with van der Waals surface area (Å²) >= 11 is 1.90. The van der Waals surface area contributed by atoms with Crippen molar-refractivity contribution in [2.24, 2.45) is 0 Å². The van der Waals surface area contributed by atoms with Crippen molar-refractivity contribution in [3.63, 3.8) is 0 Å². The van der Waals surface area contributed by atoms with E-state index in [-0.39, 0.29) is 0 Å². The number of hydrogen-bond acceptors (Lipinski definition) is 3. The summed E-state index contributed by atoms with van der Waals surface area (Å²) in [4.78, 5) is 1.35. The lowest BCUT2D eigenvalue weighted by Gasteiger charge is -2.03. The van der Waals surface area contributed by atoms with Gasteiger partial charge >= 0.3 is 0 Å². The second-order valence-electron chi connectivity index (χ2n) is 3.02. The summed E-state index contributed by atoms with van der Waals surface area (Å²) in [5, 5.41) is 6.48. The van der Waals surface area contributed by atoms with Crippen molar-refractivity contribution in [1.29, 1.82) is 0 Å². The monoisotopic (exact) mass is 210 g/mol. The fraction of sp³-hybridized carbons (Fsp3) is 0.455. The maximum Gasteiger partial charge on any atom is 0.0106 e. The molecule has 1 aromatic rings. The van der Waals surface area contributed by atoms with Gasteiger partial charge in [-0.05, 0) is 19.2 Å². The lowest BCUT2D eigenvalue weighted by atomic mass is 10.4. The van der Waals surface area contributed by atoms with E-state index >= 15 is 0 Å². The Morgan fingerprint density at radius 2 is 1.86 bits per heavy atom. The first-order valence-electron chi connectivity index (χ1n) is 4.96. The van der Waals surface area contributed by atoms with Gasteiger partial charge in [-0.25, -0.2) is 0 Å². The first kappa shape index (κ1) is 11.6. The minimum atomic E-state index is 1.04. The van der Waals surface area contributed by atoms with Gasteiger partial charge in [0.2, 0.25) is 0 Å². The molecule has 0 spiro atoms. The summed E-state index contributed by atoms with van der Waals surface area (Å²) in [7, 11) is 1.97. The van der Waals surface area contributed by atoms with E-state index in [1.165, 1.54) is 4.90 Å². The second kappa shape index (κ2) is 7.85. The van der Waals surface area contributed by atoms with Crippen molar-refractivity contribution >= 4 is 11.8 Å². The molecule has 2 nitrogen and oxygen atoms in total. The zero-order valence-electron chi connectivity index (χ0n) is 8.62. The maximum atomic E-state index is 3.37. The molecule has 2 N–H and O–H groups in total. The number of benzene rings is 1. The van der Waals surface area contributed by atoms with E-state index in [4.69, 9.17) is 0 Å². The van der Waals surface area contributed by atoms with Crippen LogP contribution in [0.5, 0.6) is 0 Å². The van der Waals surface area contributed by atoms with Crippen molar-refractivity contribution in [2.45, 2.75) is 4.90 Å². The van der Waals surface area contributed by atoms with Crippen molar-refractivity contribution < 1.29 is 0 Å². The number of rotatable bonds is 7. The van der Waals surface area contributed by atoms with Crippen LogP contribution in [-0.4, -0.2) is 32.4 Å². The Kier molecular flexibility index (Phi) is 6.49. The van der Waals surface area contributed by atoms with Gasteiger partial charge in [0, 0.05) is 30.3 Å². The molecular formula is C11H18N2S. The molecule has 0 aromatic heterocycles. The maximum absolute atomic E-state index is 3.37. The zero-order chi connectivity index (χ0) is 10.1. The summed E-state index contributed by atoms with van der Waals surface area (Å²) < 4.78 is 0. The normalized spacial score (nSPS) is 10.4. The molecule has 0 bridgehead atoms. The van der Waals surface area contributed by atoms with Crippen LogP contribution < -0.4 is 10.6 Å². The van der Waals surface area contributed by atoms with Gasteiger partial charge in [-0.1, -0.05) is 18.2 Å². The Morgan fingerprint density at radius 3 is 2.57 bits per heavy atom. The summed E-state index contributed by atoms with van der Waals surface area (Å²) in [6.45, 7) is 3.16. The fourth-order valence-electron chi connectivity index (χ4n) is 1.10. The van der Waals surface area contributed by atoms with Gasteiger partial charge in [-0.2, -0.15) is 0 Å². The van der Waals surface area contributed by atoms with Gasteiger partial charge in [0.15, 0.2) is 0 Å². The summed E-state index contributed by atoms with van der Waals surface area (Å²) in [5.74, 6) is 1.13. The molecule has 1 aromatic carbocycles. The average Bonchev–Trinajstić information content (AvgIpc) is 2.25. The minimum absolute atomic E-state index is 1.04. The highest BCUT2D eigenvalue weighted by molar-refractivity contribution is 7.99. The van der Waals surface area contributed by atoms with Crippen molar-refractivity contribution in [2.75, 3.05) is 32.4 Å². The van der Waals surface area contributed by atoms with Gasteiger partial charge in [-0.15, -0.1) is 11.8 Å². The lowest BCUT2D eigenvalue weighted by Crippen LogP contribution is -2.26. The predicted molar refractivity (Wildman–Crippen MR) is 64.0 cm³/mol. The van der Waals surface area contributed by atoms with Gasteiger partial charge < -0.3 is 10.6 Å². The summed E-state index contributed by atoms with van der Waals surface area (Å²) in [6.07, 6.45) is 0. The molecule has 0 unspecified atom stereocenters. The molecule has 0 amide bonds. The van der Waals surface area contributed by atoms with Crippen molar-refractivity contribution in [3.8, 4) is 0 Å². The summed E-state index contributed by atoms with van der Waals surface area (Å²) in [5.41, 5.74) is 0. The van der Waals surface area contributed by atoms with E-state index < -0.39 is 0 Å². The van der Waals surface area contributed by atoms with Crippen LogP contribution in [0.15, 0.2) is 35.2 Å². The van der Waals surface area contributed by atoms with E-state index in [2.05, 4.69) is 41.0 Å². The fourth-order valence-corrected chi connectivity index (χ4v) is 1.93. The molecule has 0 saturated carbocycles. The highest BCUT2D eigenvalue weighted by Gasteiger charge is 1.91. The van der Waals surface area contributed by atoms with Crippen molar-refractivity contribution in [3.05, 3.63) is 30.3 Å². The number of likely N-dealkylation sites (N-methyl/N-ethyl adjacent to an activating group) is 1. The lowest BCUT2D eigenvalue weighted by molar-refractivity contribution is 0.675. The molecular weight excluding hydrogens is 192 g/mol. The largest absolute Gasteiger partial charge is 0.318 e. The van der Waals surface area contributed by atoms with Crippen LogP contribution in [0.25, 0.3) is 0 Å². The average molecular weight is 210 g/mol. The second-order valence-corrected chi connectivity index (χ2v) is 4.18. The minimum Gasteiger partial charge on any atom is -0.318 e. The molecule has 0 fully saturated rings. The Hall–Kier alpha value is -0.510. The molecule has 0 aliphatic rings. The Labute approximate surface area is 90.5 Å². The highest BCUT2D eigenvalue weighted by atomic mass is 32.2. The third kappa shape index (κ3) is 5.27. The van der Waals surface area contributed by atoms with Gasteiger partial charge in [0.25, 0.3) is 0 Å². The predicted octanol–water partition coefficient (Wildman–Crippen LogP) is 1.59. The van der Waals surface area contributed by atoms with Gasteiger partial charge in [0.1, 0.15) is 0 Å². The Morgan fingerprint density at radius 1 is 1.07 bits per heavy atom. The Balaban J connectivity index is 1.99. The summed E-state index contributed by atoms with van der Waals surface area (Å²) in [6, 6.07) is 10.5. The van der Waals surface area contributed by atoms with Crippen LogP contribution in [0.3, 0.4) is 0 Å². The van der Waals surface area contributed by atoms with Crippen LogP contribution in [-0.2, 0) is 0 Å². The SMILES string of the molecule is CNCCNCCSc1ccccc1. The molecule has 14 heavy (non-hydrogen) atoms. The molecule has 0 aliphatic heterocycles. The standard InChI is InChI=1S/C11H18N2S/c1-12-7-8-13-9-10-14-11-5-3-2-4-6-11/h2-6,12-13H,7-10H2,1H3. The van der Waals surface area contributed by atoms with Crippen LogP contribution in [0.2, 0.25) is 0 Å². The molecule has 0 radical (unpaired) electrons.